The highest BCUT2D eigenvalue weighted by molar-refractivity contribution is 5.65. The molecule has 0 aliphatic rings. The summed E-state index contributed by atoms with van der Waals surface area (Å²) >= 11 is 0. The van der Waals surface area contributed by atoms with Crippen LogP contribution in [0.25, 0.3) is 17.2 Å². The van der Waals surface area contributed by atoms with Crippen molar-refractivity contribution in [2.75, 3.05) is 13.7 Å². The van der Waals surface area contributed by atoms with Crippen molar-refractivity contribution in [2.45, 2.75) is 77.7 Å². The van der Waals surface area contributed by atoms with Gasteiger partial charge in [-0.3, -0.25) is 0 Å². The summed E-state index contributed by atoms with van der Waals surface area (Å²) in [7, 11) is 1.45. The minimum absolute atomic E-state index is 0.116. The Morgan fingerprint density at radius 3 is 2.00 bits per heavy atom. The Kier molecular flexibility index (Phi) is 10.4. The molecule has 3 nitrogen and oxygen atoms in total. The molecule has 0 aliphatic carbocycles. The first-order valence-corrected chi connectivity index (χ1v) is 13.8. The minimum Gasteiger partial charge on any atom is -0.386 e. The van der Waals surface area contributed by atoms with Gasteiger partial charge in [-0.05, 0) is 77.6 Å². The van der Waals surface area contributed by atoms with Crippen LogP contribution < -0.4 is 0 Å². The van der Waals surface area contributed by atoms with Gasteiger partial charge < -0.3 is 5.11 Å². The third kappa shape index (κ3) is 6.61. The van der Waals surface area contributed by atoms with E-state index in [9.17, 15) is 9.50 Å². The Bertz CT molecular complexity index is 1200. The zero-order valence-electron chi connectivity index (χ0n) is 23.8. The van der Waals surface area contributed by atoms with E-state index in [2.05, 4.69) is 74.2 Å². The van der Waals surface area contributed by atoms with E-state index >= 15 is 0 Å². The molecule has 0 aromatic heterocycles. The van der Waals surface area contributed by atoms with E-state index in [1.54, 1.807) is 6.07 Å². The molecular weight excluding hydrogens is 475 g/mol. The van der Waals surface area contributed by atoms with Gasteiger partial charge in [0.25, 0.3) is 0 Å². The highest BCUT2D eigenvalue weighted by atomic mass is 19.1. The normalized spacial score (nSPS) is 12.4. The molecule has 0 spiro atoms. The third-order valence-electron chi connectivity index (χ3n) is 8.22. The lowest BCUT2D eigenvalue weighted by Gasteiger charge is -2.34. The average molecular weight is 519 g/mol. The van der Waals surface area contributed by atoms with Crippen LogP contribution in [0.3, 0.4) is 0 Å². The van der Waals surface area contributed by atoms with E-state index in [0.717, 1.165) is 29.5 Å². The van der Waals surface area contributed by atoms with Gasteiger partial charge in [-0.15, -0.1) is 0 Å². The molecule has 3 aromatic rings. The van der Waals surface area contributed by atoms with Gasteiger partial charge in [0.1, 0.15) is 5.82 Å². The lowest BCUT2D eigenvalue weighted by Crippen LogP contribution is -2.26. The van der Waals surface area contributed by atoms with Crippen LogP contribution in [0, 0.1) is 12.7 Å². The second-order valence-corrected chi connectivity index (χ2v) is 10.1. The molecule has 0 unspecified atom stereocenters. The zero-order chi connectivity index (χ0) is 27.8. The second-order valence-electron chi connectivity index (χ2n) is 10.1. The second kappa shape index (κ2) is 13.3. The van der Waals surface area contributed by atoms with Crippen molar-refractivity contribution < 1.29 is 19.3 Å². The van der Waals surface area contributed by atoms with Gasteiger partial charge >= 0.3 is 0 Å². The lowest BCUT2D eigenvalue weighted by atomic mass is 9.70. The number of halogens is 1. The van der Waals surface area contributed by atoms with E-state index in [1.165, 1.54) is 23.8 Å². The summed E-state index contributed by atoms with van der Waals surface area (Å²) in [6.45, 7) is 11.0. The van der Waals surface area contributed by atoms with E-state index < -0.39 is 5.60 Å². The summed E-state index contributed by atoms with van der Waals surface area (Å²) < 4.78 is 14.7. The average Bonchev–Trinajstić information content (AvgIpc) is 2.94. The number of hydrogen-bond acceptors (Lipinski definition) is 3. The summed E-state index contributed by atoms with van der Waals surface area (Å²) in [4.78, 5) is 9.47. The Labute approximate surface area is 228 Å². The van der Waals surface area contributed by atoms with Crippen LogP contribution in [0.1, 0.15) is 81.2 Å². The minimum atomic E-state index is -0.759. The third-order valence-corrected chi connectivity index (χ3v) is 8.22. The molecule has 3 aromatic carbocycles. The zero-order valence-corrected chi connectivity index (χ0v) is 23.8. The molecule has 38 heavy (non-hydrogen) atoms. The van der Waals surface area contributed by atoms with Gasteiger partial charge in [0.05, 0.1) is 19.3 Å². The van der Waals surface area contributed by atoms with Crippen molar-refractivity contribution in [1.29, 1.82) is 0 Å². The summed E-state index contributed by atoms with van der Waals surface area (Å²) in [5.41, 5.74) is 6.46. The number of hydrogen-bond donors (Lipinski definition) is 1. The van der Waals surface area contributed by atoms with Crippen LogP contribution in [0.5, 0.6) is 0 Å². The molecule has 0 atom stereocenters. The Morgan fingerprint density at radius 2 is 1.45 bits per heavy atom. The molecule has 0 radical (unpaired) electrons. The molecule has 0 fully saturated rings. The molecule has 4 heteroatoms. The summed E-state index contributed by atoms with van der Waals surface area (Å²) in [6, 6.07) is 20.6. The number of benzene rings is 3. The number of rotatable bonds is 13. The fourth-order valence-electron chi connectivity index (χ4n) is 5.27. The lowest BCUT2D eigenvalue weighted by molar-refractivity contribution is -0.271. The summed E-state index contributed by atoms with van der Waals surface area (Å²) in [6.07, 6.45) is 7.77. The van der Waals surface area contributed by atoms with Gasteiger partial charge in [-0.2, -0.15) is 0 Å². The SMILES string of the molecule is CCC(O)(/C=C/c1ccc(C(CC)(CC)c2ccc(-c3ccc(CCOOC)c(F)c3)cc2)cc1C)CC. The van der Waals surface area contributed by atoms with E-state index in [1.807, 2.05) is 32.1 Å². The molecule has 0 bridgehead atoms. The molecule has 3 rings (SSSR count). The van der Waals surface area contributed by atoms with Gasteiger partial charge in [0, 0.05) is 11.8 Å². The Balaban J connectivity index is 1.89. The van der Waals surface area contributed by atoms with Crippen molar-refractivity contribution >= 4 is 6.08 Å². The highest BCUT2D eigenvalue weighted by Crippen LogP contribution is 2.40. The number of aryl methyl sites for hydroxylation is 1. The molecule has 204 valence electrons. The van der Waals surface area contributed by atoms with Crippen LogP contribution in [0.4, 0.5) is 4.39 Å². The predicted molar refractivity (Wildman–Crippen MR) is 156 cm³/mol. The largest absolute Gasteiger partial charge is 0.386 e. The standard InChI is InChI=1S/C34H43FO3/c1-7-33(36,8-2)21-19-26-13-18-31(23-25(26)5)34(9-3,10-4)30-16-14-27(15-17-30)29-12-11-28(32(35)24-29)20-22-38-37-6/h11-19,21,23-24,36H,7-10,20,22H2,1-6H3/b21-19+. The smallest absolute Gasteiger partial charge is 0.127 e. The van der Waals surface area contributed by atoms with Crippen LogP contribution in [-0.2, 0) is 21.6 Å². The van der Waals surface area contributed by atoms with Gasteiger partial charge in [-0.1, -0.05) is 94.4 Å². The van der Waals surface area contributed by atoms with Crippen LogP contribution in [-0.4, -0.2) is 24.4 Å². The topological polar surface area (TPSA) is 38.7 Å². The number of aliphatic hydroxyl groups is 1. The van der Waals surface area contributed by atoms with E-state index in [-0.39, 0.29) is 11.2 Å². The summed E-state index contributed by atoms with van der Waals surface area (Å²) in [5.74, 6) is -0.233. The summed E-state index contributed by atoms with van der Waals surface area (Å²) in [5, 5.41) is 10.6. The molecule has 0 aliphatic heterocycles. The first kappa shape index (κ1) is 29.8. The molecule has 1 N–H and O–H groups in total. The van der Waals surface area contributed by atoms with Crippen molar-refractivity contribution in [3.8, 4) is 11.1 Å². The molecule has 0 saturated carbocycles. The van der Waals surface area contributed by atoms with Crippen LogP contribution >= 0.6 is 0 Å². The van der Waals surface area contributed by atoms with Gasteiger partial charge in [-0.25, -0.2) is 14.2 Å². The highest BCUT2D eigenvalue weighted by Gasteiger charge is 2.31. The molecule has 0 saturated heterocycles. The maximum Gasteiger partial charge on any atom is 0.127 e. The predicted octanol–water partition coefficient (Wildman–Crippen LogP) is 8.59. The molecule has 0 heterocycles. The van der Waals surface area contributed by atoms with Crippen LogP contribution in [0.2, 0.25) is 0 Å². The van der Waals surface area contributed by atoms with Gasteiger partial charge in [0.2, 0.25) is 0 Å². The Morgan fingerprint density at radius 1 is 0.816 bits per heavy atom. The van der Waals surface area contributed by atoms with Crippen molar-refractivity contribution in [3.05, 3.63) is 100 Å². The van der Waals surface area contributed by atoms with Crippen LogP contribution in [0.15, 0.2) is 66.7 Å². The van der Waals surface area contributed by atoms with Crippen molar-refractivity contribution in [3.63, 3.8) is 0 Å². The fraction of sp³-hybridized carbons (Fsp3) is 0.412. The van der Waals surface area contributed by atoms with Crippen molar-refractivity contribution in [2.24, 2.45) is 0 Å². The molecular formula is C34H43FO3. The maximum atomic E-state index is 14.7. The molecule has 0 amide bonds. The quantitative estimate of drug-likeness (QED) is 0.140. The Hall–Kier alpha value is -2.79. The maximum absolute atomic E-state index is 14.7. The van der Waals surface area contributed by atoms with E-state index in [4.69, 9.17) is 4.89 Å². The fourth-order valence-corrected chi connectivity index (χ4v) is 5.27. The van der Waals surface area contributed by atoms with Crippen molar-refractivity contribution in [1.82, 2.24) is 0 Å². The first-order chi connectivity index (χ1) is 18.3. The first-order valence-electron chi connectivity index (χ1n) is 13.8. The monoisotopic (exact) mass is 518 g/mol. The van der Waals surface area contributed by atoms with E-state index in [0.29, 0.717) is 31.4 Å². The van der Waals surface area contributed by atoms with Gasteiger partial charge in [0.15, 0.2) is 0 Å².